The first-order valence-electron chi connectivity index (χ1n) is 6.56. The molecule has 1 unspecified atom stereocenters. The van der Waals surface area contributed by atoms with Crippen LogP contribution < -0.4 is 15.8 Å². The molecule has 0 saturated heterocycles. The maximum absolute atomic E-state index is 12.3. The Balaban J connectivity index is 2.20. The standard InChI is InChI=1S/C16H18N2O3/c1-21-12-7-8-14(17)13(9-12)16(20)18-15(10-19)11-5-3-2-4-6-11/h2-9,15,19H,10,17H2,1H3,(H,18,20). The Morgan fingerprint density at radius 3 is 2.62 bits per heavy atom. The quantitative estimate of drug-likeness (QED) is 0.731. The molecule has 0 saturated carbocycles. The van der Waals surface area contributed by atoms with Crippen LogP contribution in [0.25, 0.3) is 0 Å². The Hall–Kier alpha value is -2.53. The van der Waals surface area contributed by atoms with Crippen molar-refractivity contribution < 1.29 is 14.6 Å². The first kappa shape index (κ1) is 14.9. The highest BCUT2D eigenvalue weighted by atomic mass is 16.5. The summed E-state index contributed by atoms with van der Waals surface area (Å²) in [6.45, 7) is -0.195. The molecule has 2 aromatic rings. The Morgan fingerprint density at radius 1 is 1.29 bits per heavy atom. The molecule has 1 atom stereocenters. The number of hydrogen-bond acceptors (Lipinski definition) is 4. The number of nitrogens with two attached hydrogens (primary N) is 1. The van der Waals surface area contributed by atoms with Gasteiger partial charge < -0.3 is 20.9 Å². The van der Waals surface area contributed by atoms with Gasteiger partial charge >= 0.3 is 0 Å². The van der Waals surface area contributed by atoms with Crippen molar-refractivity contribution in [1.82, 2.24) is 5.32 Å². The lowest BCUT2D eigenvalue weighted by Gasteiger charge is -2.17. The highest BCUT2D eigenvalue weighted by Gasteiger charge is 2.17. The topological polar surface area (TPSA) is 84.6 Å². The molecule has 5 nitrogen and oxygen atoms in total. The fraction of sp³-hybridized carbons (Fsp3) is 0.188. The van der Waals surface area contributed by atoms with E-state index in [-0.39, 0.29) is 12.5 Å². The van der Waals surface area contributed by atoms with Crippen LogP contribution in [-0.4, -0.2) is 24.7 Å². The number of anilines is 1. The molecule has 0 heterocycles. The van der Waals surface area contributed by atoms with E-state index in [2.05, 4.69) is 5.32 Å². The zero-order valence-electron chi connectivity index (χ0n) is 11.7. The molecule has 2 aromatic carbocycles. The van der Waals surface area contributed by atoms with Crippen LogP contribution in [0.3, 0.4) is 0 Å². The van der Waals surface area contributed by atoms with E-state index in [1.807, 2.05) is 30.3 Å². The zero-order valence-corrected chi connectivity index (χ0v) is 11.7. The van der Waals surface area contributed by atoms with Crippen LogP contribution in [0.1, 0.15) is 22.0 Å². The number of carbonyl (C=O) groups is 1. The van der Waals surface area contributed by atoms with E-state index in [1.54, 1.807) is 18.2 Å². The van der Waals surface area contributed by atoms with Crippen molar-refractivity contribution in [2.45, 2.75) is 6.04 Å². The summed E-state index contributed by atoms with van der Waals surface area (Å²) in [5, 5.41) is 12.2. The van der Waals surface area contributed by atoms with E-state index in [4.69, 9.17) is 10.5 Å². The summed E-state index contributed by atoms with van der Waals surface area (Å²) in [4.78, 5) is 12.3. The van der Waals surface area contributed by atoms with E-state index in [9.17, 15) is 9.90 Å². The predicted octanol–water partition coefficient (Wildman–Crippen LogP) is 1.74. The Morgan fingerprint density at radius 2 is 2.00 bits per heavy atom. The van der Waals surface area contributed by atoms with Gasteiger partial charge in [-0.2, -0.15) is 0 Å². The van der Waals surface area contributed by atoms with Crippen molar-refractivity contribution in [2.75, 3.05) is 19.5 Å². The highest BCUT2D eigenvalue weighted by Crippen LogP contribution is 2.21. The molecule has 21 heavy (non-hydrogen) atoms. The minimum Gasteiger partial charge on any atom is -0.497 e. The first-order chi connectivity index (χ1) is 10.2. The number of methoxy groups -OCH3 is 1. The summed E-state index contributed by atoms with van der Waals surface area (Å²) >= 11 is 0. The lowest BCUT2D eigenvalue weighted by atomic mass is 10.1. The third-order valence-corrected chi connectivity index (χ3v) is 3.19. The average molecular weight is 286 g/mol. The number of hydrogen-bond donors (Lipinski definition) is 3. The number of rotatable bonds is 5. The molecule has 0 aromatic heterocycles. The normalized spacial score (nSPS) is 11.7. The molecule has 0 spiro atoms. The van der Waals surface area contributed by atoms with Crippen molar-refractivity contribution in [3.05, 3.63) is 59.7 Å². The number of nitrogen functional groups attached to an aromatic ring is 1. The van der Waals surface area contributed by atoms with E-state index in [1.165, 1.54) is 7.11 Å². The Labute approximate surface area is 123 Å². The van der Waals surface area contributed by atoms with E-state index in [0.29, 0.717) is 17.0 Å². The van der Waals surface area contributed by atoms with Crippen LogP contribution in [0.15, 0.2) is 48.5 Å². The second-order valence-corrected chi connectivity index (χ2v) is 4.57. The summed E-state index contributed by atoms with van der Waals surface area (Å²) in [6.07, 6.45) is 0. The van der Waals surface area contributed by atoms with Gasteiger partial charge in [-0.05, 0) is 23.8 Å². The lowest BCUT2D eigenvalue weighted by molar-refractivity contribution is 0.0917. The number of aliphatic hydroxyl groups is 1. The number of carbonyl (C=O) groups excluding carboxylic acids is 1. The fourth-order valence-corrected chi connectivity index (χ4v) is 2.01. The van der Waals surface area contributed by atoms with Gasteiger partial charge in [0.1, 0.15) is 5.75 Å². The van der Waals surface area contributed by atoms with Crippen molar-refractivity contribution in [2.24, 2.45) is 0 Å². The fourth-order valence-electron chi connectivity index (χ4n) is 2.01. The monoisotopic (exact) mass is 286 g/mol. The molecule has 4 N–H and O–H groups in total. The molecular formula is C16H18N2O3. The SMILES string of the molecule is COc1ccc(N)c(C(=O)NC(CO)c2ccccc2)c1. The van der Waals surface area contributed by atoms with Gasteiger partial charge in [0.05, 0.1) is 25.3 Å². The maximum atomic E-state index is 12.3. The van der Waals surface area contributed by atoms with Gasteiger partial charge in [0.25, 0.3) is 5.91 Å². The molecule has 1 amide bonds. The van der Waals surface area contributed by atoms with Crippen LogP contribution in [-0.2, 0) is 0 Å². The van der Waals surface area contributed by atoms with Crippen LogP contribution in [0.2, 0.25) is 0 Å². The van der Waals surface area contributed by atoms with Crippen molar-refractivity contribution in [3.8, 4) is 5.75 Å². The molecule has 5 heteroatoms. The Bertz CT molecular complexity index is 614. The largest absolute Gasteiger partial charge is 0.497 e. The van der Waals surface area contributed by atoms with Gasteiger partial charge in [-0.25, -0.2) is 0 Å². The number of amides is 1. The van der Waals surface area contributed by atoms with Crippen LogP contribution in [0.4, 0.5) is 5.69 Å². The third kappa shape index (κ3) is 3.52. The van der Waals surface area contributed by atoms with Crippen molar-refractivity contribution >= 4 is 11.6 Å². The lowest BCUT2D eigenvalue weighted by Crippen LogP contribution is -2.31. The molecule has 0 fully saturated rings. The molecule has 0 aliphatic heterocycles. The van der Waals surface area contributed by atoms with Gasteiger partial charge in [-0.1, -0.05) is 30.3 Å². The molecule has 0 aliphatic carbocycles. The maximum Gasteiger partial charge on any atom is 0.254 e. The molecule has 0 radical (unpaired) electrons. The molecule has 0 aliphatic rings. The third-order valence-electron chi connectivity index (χ3n) is 3.19. The average Bonchev–Trinajstić information content (AvgIpc) is 2.53. The number of nitrogens with one attached hydrogen (secondary N) is 1. The highest BCUT2D eigenvalue weighted by molar-refractivity contribution is 5.99. The number of aliphatic hydroxyl groups excluding tert-OH is 1. The van der Waals surface area contributed by atoms with E-state index < -0.39 is 6.04 Å². The van der Waals surface area contributed by atoms with Crippen molar-refractivity contribution in [1.29, 1.82) is 0 Å². The summed E-state index contributed by atoms with van der Waals surface area (Å²) in [6, 6.07) is 13.7. The molecule has 0 bridgehead atoms. The van der Waals surface area contributed by atoms with Gasteiger partial charge in [-0.15, -0.1) is 0 Å². The van der Waals surface area contributed by atoms with Crippen LogP contribution in [0.5, 0.6) is 5.75 Å². The minimum atomic E-state index is -0.482. The zero-order chi connectivity index (χ0) is 15.2. The first-order valence-corrected chi connectivity index (χ1v) is 6.56. The van der Waals surface area contributed by atoms with Crippen molar-refractivity contribution in [3.63, 3.8) is 0 Å². The number of benzene rings is 2. The van der Waals surface area contributed by atoms with E-state index in [0.717, 1.165) is 5.56 Å². The molecule has 110 valence electrons. The van der Waals surface area contributed by atoms with Gasteiger partial charge in [-0.3, -0.25) is 4.79 Å². The van der Waals surface area contributed by atoms with Gasteiger partial charge in [0.2, 0.25) is 0 Å². The van der Waals surface area contributed by atoms with E-state index >= 15 is 0 Å². The van der Waals surface area contributed by atoms with Gasteiger partial charge in [0, 0.05) is 5.69 Å². The summed E-state index contributed by atoms with van der Waals surface area (Å²) in [7, 11) is 1.52. The second-order valence-electron chi connectivity index (χ2n) is 4.57. The summed E-state index contributed by atoms with van der Waals surface area (Å²) in [5.74, 6) is 0.198. The smallest absolute Gasteiger partial charge is 0.254 e. The minimum absolute atomic E-state index is 0.195. The van der Waals surface area contributed by atoms with Crippen LogP contribution >= 0.6 is 0 Å². The van der Waals surface area contributed by atoms with Crippen LogP contribution in [0, 0.1) is 0 Å². The molecular weight excluding hydrogens is 268 g/mol. The predicted molar refractivity (Wildman–Crippen MR) is 81.1 cm³/mol. The Kier molecular flexibility index (Phi) is 4.79. The summed E-state index contributed by atoms with van der Waals surface area (Å²) < 4.78 is 5.09. The summed E-state index contributed by atoms with van der Waals surface area (Å²) in [5.41, 5.74) is 7.33. The second kappa shape index (κ2) is 6.76. The van der Waals surface area contributed by atoms with Gasteiger partial charge in [0.15, 0.2) is 0 Å². The molecule has 2 rings (SSSR count). The number of ether oxygens (including phenoxy) is 1.